The third kappa shape index (κ3) is 2.74. The van der Waals surface area contributed by atoms with Gasteiger partial charge in [-0.1, -0.05) is 11.6 Å². The molecule has 100 valence electrons. The molecule has 0 bridgehead atoms. The molecule has 0 aliphatic heterocycles. The summed E-state index contributed by atoms with van der Waals surface area (Å²) in [7, 11) is 0. The molecule has 0 radical (unpaired) electrons. The van der Waals surface area contributed by atoms with Crippen LogP contribution in [0, 0.1) is 5.82 Å². The van der Waals surface area contributed by atoms with Gasteiger partial charge in [0.05, 0.1) is 16.1 Å². The monoisotopic (exact) mass is 294 g/mol. The third-order valence-corrected chi connectivity index (χ3v) is 2.19. The average Bonchev–Trinajstić information content (AvgIpc) is 2.16. The summed E-state index contributed by atoms with van der Waals surface area (Å²) in [6, 6.07) is 0.684. The molecule has 0 amide bonds. The standard InChI is InChI=1S/C9H2ClF7O/c10-3-1-2-4(11)5(6(3)8(12,13)14)7(18)9(15,16)17/h1-2H. The summed E-state index contributed by atoms with van der Waals surface area (Å²) in [6.07, 6.45) is -11.0. The molecule has 18 heavy (non-hydrogen) atoms. The van der Waals surface area contributed by atoms with Crippen molar-refractivity contribution in [1.29, 1.82) is 0 Å². The lowest BCUT2D eigenvalue weighted by atomic mass is 10.0. The Labute approximate surface area is 100 Å². The summed E-state index contributed by atoms with van der Waals surface area (Å²) >= 11 is 5.07. The number of ketones is 1. The Hall–Kier alpha value is -1.31. The molecular formula is C9H2ClF7O. The maximum atomic E-state index is 13.1. The van der Waals surface area contributed by atoms with E-state index in [9.17, 15) is 35.5 Å². The maximum Gasteiger partial charge on any atom is 0.454 e. The van der Waals surface area contributed by atoms with Gasteiger partial charge in [-0.3, -0.25) is 4.79 Å². The van der Waals surface area contributed by atoms with Gasteiger partial charge >= 0.3 is 12.4 Å². The number of hydrogen-bond acceptors (Lipinski definition) is 1. The van der Waals surface area contributed by atoms with Crippen molar-refractivity contribution in [2.45, 2.75) is 12.4 Å². The smallest absolute Gasteiger partial charge is 0.284 e. The van der Waals surface area contributed by atoms with E-state index in [-0.39, 0.29) is 6.07 Å². The molecule has 0 unspecified atom stereocenters. The van der Waals surface area contributed by atoms with Gasteiger partial charge < -0.3 is 0 Å². The van der Waals surface area contributed by atoms with Crippen LogP contribution in [-0.4, -0.2) is 12.0 Å². The van der Waals surface area contributed by atoms with Crippen LogP contribution in [0.5, 0.6) is 0 Å². The Kier molecular flexibility index (Phi) is 3.62. The van der Waals surface area contributed by atoms with Crippen molar-refractivity contribution in [1.82, 2.24) is 0 Å². The van der Waals surface area contributed by atoms with Gasteiger partial charge in [-0.2, -0.15) is 26.3 Å². The van der Waals surface area contributed by atoms with Crippen LogP contribution in [0.4, 0.5) is 30.7 Å². The van der Waals surface area contributed by atoms with Crippen LogP contribution in [0.2, 0.25) is 5.02 Å². The fraction of sp³-hybridized carbons (Fsp3) is 0.222. The first-order valence-corrected chi connectivity index (χ1v) is 4.50. The minimum atomic E-state index is -5.63. The number of hydrogen-bond donors (Lipinski definition) is 0. The van der Waals surface area contributed by atoms with Crippen molar-refractivity contribution in [3.05, 3.63) is 34.1 Å². The molecule has 0 N–H and O–H groups in total. The Morgan fingerprint density at radius 1 is 1.06 bits per heavy atom. The Morgan fingerprint density at radius 3 is 1.94 bits per heavy atom. The maximum absolute atomic E-state index is 13.1. The second kappa shape index (κ2) is 4.42. The molecule has 0 spiro atoms. The lowest BCUT2D eigenvalue weighted by Gasteiger charge is -2.15. The summed E-state index contributed by atoms with van der Waals surface area (Å²) in [6.45, 7) is 0. The van der Waals surface area contributed by atoms with Gasteiger partial charge in [0.25, 0.3) is 5.78 Å². The molecule has 1 rings (SSSR count). The molecule has 0 aromatic heterocycles. The second-order valence-electron chi connectivity index (χ2n) is 3.10. The molecule has 0 saturated heterocycles. The summed E-state index contributed by atoms with van der Waals surface area (Å²) in [5.41, 5.74) is -4.26. The van der Waals surface area contributed by atoms with E-state index in [1.165, 1.54) is 0 Å². The van der Waals surface area contributed by atoms with Crippen molar-refractivity contribution < 1.29 is 35.5 Å². The number of benzene rings is 1. The zero-order valence-corrected chi connectivity index (χ0v) is 8.84. The van der Waals surface area contributed by atoms with Crippen LogP contribution in [-0.2, 0) is 6.18 Å². The van der Waals surface area contributed by atoms with Gasteiger partial charge in [0.2, 0.25) is 0 Å². The molecule has 0 aliphatic rings. The SMILES string of the molecule is O=C(c1c(F)ccc(Cl)c1C(F)(F)F)C(F)(F)F. The van der Waals surface area contributed by atoms with E-state index in [2.05, 4.69) is 0 Å². The van der Waals surface area contributed by atoms with E-state index in [1.807, 2.05) is 0 Å². The molecule has 0 fully saturated rings. The van der Waals surface area contributed by atoms with E-state index in [4.69, 9.17) is 11.6 Å². The number of alkyl halides is 6. The number of carbonyl (C=O) groups excluding carboxylic acids is 1. The van der Waals surface area contributed by atoms with Gasteiger partial charge in [0.15, 0.2) is 0 Å². The van der Waals surface area contributed by atoms with Crippen LogP contribution < -0.4 is 0 Å². The first-order valence-electron chi connectivity index (χ1n) is 4.13. The Morgan fingerprint density at radius 2 is 1.56 bits per heavy atom. The minimum Gasteiger partial charge on any atom is -0.284 e. The Balaban J connectivity index is 3.62. The highest BCUT2D eigenvalue weighted by Gasteiger charge is 2.47. The highest BCUT2D eigenvalue weighted by molar-refractivity contribution is 6.32. The van der Waals surface area contributed by atoms with Crippen molar-refractivity contribution in [2.75, 3.05) is 0 Å². The summed E-state index contributed by atoms with van der Waals surface area (Å²) < 4.78 is 86.7. The summed E-state index contributed by atoms with van der Waals surface area (Å²) in [4.78, 5) is 10.8. The predicted molar refractivity (Wildman–Crippen MR) is 46.8 cm³/mol. The first kappa shape index (κ1) is 14.7. The fourth-order valence-electron chi connectivity index (χ4n) is 1.19. The first-order chi connectivity index (χ1) is 7.96. The highest BCUT2D eigenvalue weighted by atomic mass is 35.5. The molecule has 1 aromatic carbocycles. The van der Waals surface area contributed by atoms with Gasteiger partial charge in [-0.25, -0.2) is 4.39 Å². The van der Waals surface area contributed by atoms with E-state index in [0.29, 0.717) is 6.07 Å². The van der Waals surface area contributed by atoms with E-state index in [0.717, 1.165) is 0 Å². The zero-order chi connectivity index (χ0) is 14.3. The normalized spacial score (nSPS) is 12.7. The minimum absolute atomic E-state index is 0.260. The van der Waals surface area contributed by atoms with Crippen molar-refractivity contribution in [3.8, 4) is 0 Å². The lowest BCUT2D eigenvalue weighted by Crippen LogP contribution is -2.27. The number of halogens is 8. The van der Waals surface area contributed by atoms with Gasteiger partial charge in [0, 0.05) is 0 Å². The Bertz CT molecular complexity index is 489. The van der Waals surface area contributed by atoms with Crippen LogP contribution in [0.25, 0.3) is 0 Å². The van der Waals surface area contributed by atoms with E-state index >= 15 is 0 Å². The fourth-order valence-corrected chi connectivity index (χ4v) is 1.46. The average molecular weight is 295 g/mol. The molecule has 0 aliphatic carbocycles. The van der Waals surface area contributed by atoms with Crippen molar-refractivity contribution >= 4 is 17.4 Å². The van der Waals surface area contributed by atoms with Crippen molar-refractivity contribution in [2.24, 2.45) is 0 Å². The number of Topliss-reactive ketones (excluding diaryl/α,β-unsaturated/α-hetero) is 1. The second-order valence-corrected chi connectivity index (χ2v) is 3.51. The summed E-state index contributed by atoms with van der Waals surface area (Å²) in [5.74, 6) is -4.87. The predicted octanol–water partition coefficient (Wildman–Crippen LogP) is 4.24. The molecular weight excluding hydrogens is 293 g/mol. The van der Waals surface area contributed by atoms with Crippen molar-refractivity contribution in [3.63, 3.8) is 0 Å². The van der Waals surface area contributed by atoms with E-state index < -0.39 is 40.1 Å². The largest absolute Gasteiger partial charge is 0.454 e. The molecule has 1 aromatic rings. The highest BCUT2D eigenvalue weighted by Crippen LogP contribution is 2.40. The van der Waals surface area contributed by atoms with Crippen LogP contribution >= 0.6 is 11.6 Å². The van der Waals surface area contributed by atoms with Gasteiger partial charge in [0.1, 0.15) is 5.82 Å². The molecule has 0 atom stereocenters. The van der Waals surface area contributed by atoms with Crippen LogP contribution in [0.1, 0.15) is 15.9 Å². The lowest BCUT2D eigenvalue weighted by molar-refractivity contribution is -0.138. The topological polar surface area (TPSA) is 17.1 Å². The van der Waals surface area contributed by atoms with Gasteiger partial charge in [-0.15, -0.1) is 0 Å². The van der Waals surface area contributed by atoms with E-state index in [1.54, 1.807) is 0 Å². The summed E-state index contributed by atoms with van der Waals surface area (Å²) in [5, 5.41) is -1.18. The molecule has 0 heterocycles. The molecule has 1 nitrogen and oxygen atoms in total. The number of rotatable bonds is 1. The molecule has 9 heteroatoms. The zero-order valence-electron chi connectivity index (χ0n) is 8.09. The number of carbonyl (C=O) groups is 1. The molecule has 0 saturated carbocycles. The quantitative estimate of drug-likeness (QED) is 0.559. The van der Waals surface area contributed by atoms with Gasteiger partial charge in [-0.05, 0) is 12.1 Å². The third-order valence-electron chi connectivity index (χ3n) is 1.87. The van der Waals surface area contributed by atoms with Crippen LogP contribution in [0.3, 0.4) is 0 Å². The van der Waals surface area contributed by atoms with Crippen LogP contribution in [0.15, 0.2) is 12.1 Å².